The first kappa shape index (κ1) is 14.7. The zero-order valence-electron chi connectivity index (χ0n) is 11.5. The average molecular weight is 334 g/mol. The predicted molar refractivity (Wildman–Crippen MR) is 82.1 cm³/mol. The normalized spacial score (nSPS) is 10.3. The molecule has 1 aromatic heterocycles. The Morgan fingerprint density at radius 3 is 2.75 bits per heavy atom. The van der Waals surface area contributed by atoms with Gasteiger partial charge in [0.1, 0.15) is 12.4 Å². The lowest BCUT2D eigenvalue weighted by molar-refractivity contribution is 0.0988. The minimum Gasteiger partial charge on any atom is -0.486 e. The standard InChI is InChI=1S/C16H16BrNO2/c1-3-15(19)12-4-5-16(14(17)9-12)20-10-13-8-11(2)6-7-18-13/h4-9H,3,10H2,1-2H3. The van der Waals surface area contributed by atoms with Gasteiger partial charge >= 0.3 is 0 Å². The van der Waals surface area contributed by atoms with Crippen LogP contribution in [0.4, 0.5) is 0 Å². The summed E-state index contributed by atoms with van der Waals surface area (Å²) < 4.78 is 6.51. The van der Waals surface area contributed by atoms with Gasteiger partial charge in [-0.3, -0.25) is 9.78 Å². The molecular weight excluding hydrogens is 318 g/mol. The number of carbonyl (C=O) groups is 1. The third-order valence-electron chi connectivity index (χ3n) is 2.92. The highest BCUT2D eigenvalue weighted by Gasteiger charge is 2.08. The Labute approximate surface area is 127 Å². The summed E-state index contributed by atoms with van der Waals surface area (Å²) in [7, 11) is 0. The number of hydrogen-bond donors (Lipinski definition) is 0. The minimum atomic E-state index is 0.123. The molecular formula is C16H16BrNO2. The number of aromatic nitrogens is 1. The molecule has 20 heavy (non-hydrogen) atoms. The van der Waals surface area contributed by atoms with Crippen molar-refractivity contribution in [3.63, 3.8) is 0 Å². The lowest BCUT2D eigenvalue weighted by Gasteiger charge is -2.09. The molecule has 0 aliphatic heterocycles. The van der Waals surface area contributed by atoms with E-state index in [1.807, 2.05) is 32.0 Å². The lowest BCUT2D eigenvalue weighted by Crippen LogP contribution is -2.01. The zero-order valence-corrected chi connectivity index (χ0v) is 13.1. The summed E-state index contributed by atoms with van der Waals surface area (Å²) in [5.41, 5.74) is 2.73. The summed E-state index contributed by atoms with van der Waals surface area (Å²) in [6.07, 6.45) is 2.27. The molecule has 0 spiro atoms. The molecule has 0 radical (unpaired) electrons. The van der Waals surface area contributed by atoms with Crippen LogP contribution in [0.1, 0.15) is 35.0 Å². The Morgan fingerprint density at radius 1 is 1.30 bits per heavy atom. The van der Waals surface area contributed by atoms with Gasteiger partial charge in [-0.1, -0.05) is 6.92 Å². The quantitative estimate of drug-likeness (QED) is 0.764. The van der Waals surface area contributed by atoms with Gasteiger partial charge in [0.25, 0.3) is 0 Å². The zero-order chi connectivity index (χ0) is 14.5. The second kappa shape index (κ2) is 6.66. The SMILES string of the molecule is CCC(=O)c1ccc(OCc2cc(C)ccn2)c(Br)c1. The van der Waals surface area contributed by atoms with Crippen LogP contribution < -0.4 is 4.74 Å². The molecule has 0 fully saturated rings. The Kier molecular flexibility index (Phi) is 4.90. The summed E-state index contributed by atoms with van der Waals surface area (Å²) >= 11 is 3.44. The number of carbonyl (C=O) groups excluding carboxylic acids is 1. The maximum Gasteiger partial charge on any atom is 0.162 e. The van der Waals surface area contributed by atoms with Crippen LogP contribution in [0.25, 0.3) is 0 Å². The van der Waals surface area contributed by atoms with Gasteiger partial charge in [-0.2, -0.15) is 0 Å². The number of ether oxygens (including phenoxy) is 1. The predicted octanol–water partition coefficient (Wildman–Crippen LogP) is 4.32. The third kappa shape index (κ3) is 3.67. The van der Waals surface area contributed by atoms with Crippen LogP contribution in [0.2, 0.25) is 0 Å². The first-order valence-corrected chi connectivity index (χ1v) is 7.26. The molecule has 0 aliphatic rings. The van der Waals surface area contributed by atoms with Crippen molar-refractivity contribution in [2.75, 3.05) is 0 Å². The highest BCUT2D eigenvalue weighted by atomic mass is 79.9. The van der Waals surface area contributed by atoms with E-state index in [0.717, 1.165) is 15.7 Å². The Bertz CT molecular complexity index is 626. The van der Waals surface area contributed by atoms with Gasteiger partial charge in [-0.05, 0) is 58.7 Å². The third-order valence-corrected chi connectivity index (χ3v) is 3.54. The van der Waals surface area contributed by atoms with Crippen molar-refractivity contribution in [2.45, 2.75) is 26.9 Å². The number of Topliss-reactive ketones (excluding diaryl/α,β-unsaturated/α-hetero) is 1. The van der Waals surface area contributed by atoms with E-state index in [9.17, 15) is 4.79 Å². The molecule has 2 rings (SSSR count). The van der Waals surface area contributed by atoms with Crippen molar-refractivity contribution in [1.82, 2.24) is 4.98 Å². The molecule has 1 heterocycles. The summed E-state index contributed by atoms with van der Waals surface area (Å²) in [6.45, 7) is 4.28. The topological polar surface area (TPSA) is 39.2 Å². The van der Waals surface area contributed by atoms with Gasteiger partial charge < -0.3 is 4.74 Å². The van der Waals surface area contributed by atoms with Crippen LogP contribution in [0.3, 0.4) is 0 Å². The lowest BCUT2D eigenvalue weighted by atomic mass is 10.1. The van der Waals surface area contributed by atoms with Gasteiger partial charge in [-0.25, -0.2) is 0 Å². The number of benzene rings is 1. The Balaban J connectivity index is 2.08. The Hall–Kier alpha value is -1.68. The molecule has 0 amide bonds. The molecule has 0 atom stereocenters. The van der Waals surface area contributed by atoms with E-state index < -0.39 is 0 Å². The van der Waals surface area contributed by atoms with Gasteiger partial charge in [-0.15, -0.1) is 0 Å². The highest BCUT2D eigenvalue weighted by Crippen LogP contribution is 2.27. The molecule has 104 valence electrons. The molecule has 0 N–H and O–H groups in total. The van der Waals surface area contributed by atoms with E-state index in [-0.39, 0.29) is 5.78 Å². The van der Waals surface area contributed by atoms with Crippen molar-refractivity contribution in [3.8, 4) is 5.75 Å². The highest BCUT2D eigenvalue weighted by molar-refractivity contribution is 9.10. The number of pyridine rings is 1. The van der Waals surface area contributed by atoms with E-state index in [4.69, 9.17) is 4.74 Å². The van der Waals surface area contributed by atoms with Crippen molar-refractivity contribution in [2.24, 2.45) is 0 Å². The van der Waals surface area contributed by atoms with Crippen LogP contribution in [-0.4, -0.2) is 10.8 Å². The fraction of sp³-hybridized carbons (Fsp3) is 0.250. The number of ketones is 1. The van der Waals surface area contributed by atoms with E-state index in [2.05, 4.69) is 20.9 Å². The van der Waals surface area contributed by atoms with Gasteiger partial charge in [0, 0.05) is 18.2 Å². The van der Waals surface area contributed by atoms with Gasteiger partial charge in [0.05, 0.1) is 10.2 Å². The summed E-state index contributed by atoms with van der Waals surface area (Å²) in [5, 5.41) is 0. The van der Waals surface area contributed by atoms with Crippen molar-refractivity contribution < 1.29 is 9.53 Å². The smallest absolute Gasteiger partial charge is 0.162 e. The molecule has 2 aromatic rings. The van der Waals surface area contributed by atoms with Crippen LogP contribution in [-0.2, 0) is 6.61 Å². The largest absolute Gasteiger partial charge is 0.486 e. The molecule has 0 saturated carbocycles. The summed E-state index contributed by atoms with van der Waals surface area (Å²) in [6, 6.07) is 9.33. The van der Waals surface area contributed by atoms with E-state index in [1.54, 1.807) is 18.3 Å². The van der Waals surface area contributed by atoms with Crippen molar-refractivity contribution in [1.29, 1.82) is 0 Å². The number of aryl methyl sites for hydroxylation is 1. The number of rotatable bonds is 5. The second-order valence-electron chi connectivity index (χ2n) is 4.54. The number of nitrogens with zero attached hydrogens (tertiary/aromatic N) is 1. The molecule has 4 heteroatoms. The first-order valence-electron chi connectivity index (χ1n) is 6.47. The van der Waals surface area contributed by atoms with Crippen molar-refractivity contribution >= 4 is 21.7 Å². The fourth-order valence-corrected chi connectivity index (χ4v) is 2.32. The maximum absolute atomic E-state index is 11.6. The Morgan fingerprint density at radius 2 is 2.10 bits per heavy atom. The first-order chi connectivity index (χ1) is 9.60. The molecule has 0 saturated heterocycles. The van der Waals surface area contributed by atoms with Gasteiger partial charge in [0.15, 0.2) is 5.78 Å². The maximum atomic E-state index is 11.6. The number of halogens is 1. The van der Waals surface area contributed by atoms with Crippen LogP contribution in [0, 0.1) is 6.92 Å². The van der Waals surface area contributed by atoms with Crippen LogP contribution >= 0.6 is 15.9 Å². The average Bonchev–Trinajstić information content (AvgIpc) is 2.45. The van der Waals surface area contributed by atoms with E-state index >= 15 is 0 Å². The van der Waals surface area contributed by atoms with E-state index in [0.29, 0.717) is 24.3 Å². The van der Waals surface area contributed by atoms with Gasteiger partial charge in [0.2, 0.25) is 0 Å². The molecule has 0 bridgehead atoms. The summed E-state index contributed by atoms with van der Waals surface area (Å²) in [5.74, 6) is 0.832. The fourth-order valence-electron chi connectivity index (χ4n) is 1.82. The number of hydrogen-bond acceptors (Lipinski definition) is 3. The van der Waals surface area contributed by atoms with E-state index in [1.165, 1.54) is 0 Å². The second-order valence-corrected chi connectivity index (χ2v) is 5.39. The summed E-state index contributed by atoms with van der Waals surface area (Å²) in [4.78, 5) is 15.9. The molecule has 3 nitrogen and oxygen atoms in total. The molecule has 0 unspecified atom stereocenters. The van der Waals surface area contributed by atoms with Crippen LogP contribution in [0.5, 0.6) is 5.75 Å². The van der Waals surface area contributed by atoms with Crippen LogP contribution in [0.15, 0.2) is 41.0 Å². The molecule has 1 aromatic carbocycles. The van der Waals surface area contributed by atoms with Crippen molar-refractivity contribution in [3.05, 3.63) is 57.8 Å². The molecule has 0 aliphatic carbocycles. The monoisotopic (exact) mass is 333 g/mol. The minimum absolute atomic E-state index is 0.123.